The minimum absolute atomic E-state index is 0.124. The van der Waals surface area contributed by atoms with Gasteiger partial charge in [-0.2, -0.15) is 0 Å². The summed E-state index contributed by atoms with van der Waals surface area (Å²) in [5, 5.41) is 13.3. The fourth-order valence-corrected chi connectivity index (χ4v) is 3.09. The number of carbonyl (C=O) groups excluding carboxylic acids is 1. The van der Waals surface area contributed by atoms with E-state index < -0.39 is 17.9 Å². The monoisotopic (exact) mass is 435 g/mol. The van der Waals surface area contributed by atoms with Gasteiger partial charge in [0.05, 0.1) is 12.7 Å². The molecule has 0 aromatic heterocycles. The van der Waals surface area contributed by atoms with E-state index in [0.717, 1.165) is 5.56 Å². The third kappa shape index (κ3) is 6.77. The molecule has 3 aromatic carbocycles. The van der Waals surface area contributed by atoms with E-state index in [9.17, 15) is 14.3 Å². The molecule has 0 heterocycles. The Hall–Kier alpha value is -3.48. The molecule has 6 heteroatoms. The third-order valence-electron chi connectivity index (χ3n) is 4.75. The van der Waals surface area contributed by atoms with Gasteiger partial charge in [-0.1, -0.05) is 60.7 Å². The summed E-state index contributed by atoms with van der Waals surface area (Å²) in [6.45, 7) is 1.21. The Kier molecular flexibility index (Phi) is 8.54. The van der Waals surface area contributed by atoms with Gasteiger partial charge in [0.2, 0.25) is 0 Å². The molecule has 5 nitrogen and oxygen atoms in total. The molecule has 3 rings (SSSR count). The van der Waals surface area contributed by atoms with Gasteiger partial charge in [-0.15, -0.1) is 0 Å². The van der Waals surface area contributed by atoms with Crippen molar-refractivity contribution in [1.82, 2.24) is 5.32 Å². The van der Waals surface area contributed by atoms with E-state index in [1.165, 1.54) is 19.2 Å². The number of hydrogen-bond donors (Lipinski definition) is 2. The number of halogens is 1. The summed E-state index contributed by atoms with van der Waals surface area (Å²) in [5.41, 5.74) is 2.13. The summed E-state index contributed by atoms with van der Waals surface area (Å²) in [6.07, 6.45) is 0.904. The lowest BCUT2D eigenvalue weighted by atomic mass is 10.0. The summed E-state index contributed by atoms with van der Waals surface area (Å²) in [4.78, 5) is 12.2. The zero-order valence-electron chi connectivity index (χ0n) is 17.8. The Morgan fingerprint density at radius 2 is 1.72 bits per heavy atom. The van der Waals surface area contributed by atoms with Gasteiger partial charge in [-0.25, -0.2) is 9.18 Å². The number of nitrogens with one attached hydrogen (secondary N) is 1. The zero-order chi connectivity index (χ0) is 22.8. The van der Waals surface area contributed by atoms with Crippen LogP contribution in [0.25, 0.3) is 11.6 Å². The fraction of sp³-hybridized carbons (Fsp3) is 0.192. The first kappa shape index (κ1) is 23.2. The van der Waals surface area contributed by atoms with Crippen LogP contribution in [0.4, 0.5) is 4.39 Å². The van der Waals surface area contributed by atoms with Gasteiger partial charge in [-0.05, 0) is 35.4 Å². The first-order valence-corrected chi connectivity index (χ1v) is 10.3. The van der Waals surface area contributed by atoms with Crippen LogP contribution in [0, 0.1) is 5.82 Å². The molecule has 0 aliphatic carbocycles. The average molecular weight is 435 g/mol. The molecule has 166 valence electrons. The van der Waals surface area contributed by atoms with E-state index in [0.29, 0.717) is 24.4 Å². The predicted molar refractivity (Wildman–Crippen MR) is 122 cm³/mol. The van der Waals surface area contributed by atoms with Gasteiger partial charge in [0.15, 0.2) is 0 Å². The second kappa shape index (κ2) is 11.8. The summed E-state index contributed by atoms with van der Waals surface area (Å²) in [6, 6.07) is 22.9. The Balaban J connectivity index is 1.56. The Morgan fingerprint density at radius 1 is 1.03 bits per heavy atom. The van der Waals surface area contributed by atoms with Crippen molar-refractivity contribution in [1.29, 1.82) is 0 Å². The molecular weight excluding hydrogens is 409 g/mol. The van der Waals surface area contributed by atoms with Crippen LogP contribution in [0.3, 0.4) is 0 Å². The highest BCUT2D eigenvalue weighted by molar-refractivity contribution is 6.21. The van der Waals surface area contributed by atoms with Crippen molar-refractivity contribution in [2.45, 2.75) is 12.6 Å². The molecule has 0 aliphatic heterocycles. The Morgan fingerprint density at radius 3 is 2.41 bits per heavy atom. The highest BCUT2D eigenvalue weighted by Gasteiger charge is 2.16. The number of esters is 1. The van der Waals surface area contributed by atoms with E-state index in [-0.39, 0.29) is 17.7 Å². The number of methoxy groups -OCH3 is 1. The minimum atomic E-state index is -0.662. The van der Waals surface area contributed by atoms with Crippen molar-refractivity contribution in [2.24, 2.45) is 0 Å². The maximum atomic E-state index is 14.2. The standard InChI is InChI=1S/C26H26FNO4/c1-31-26(30)24(23-9-5-6-10-25(23)27)15-19-11-13-22(14-12-19)32-18-21(29)17-28-16-20-7-3-2-4-8-20/h2-15,21,28-29H,16-18H2,1H3/b24-15+. The van der Waals surface area contributed by atoms with E-state index in [4.69, 9.17) is 9.47 Å². The molecular formula is C26H26FNO4. The molecule has 0 amide bonds. The van der Waals surface area contributed by atoms with Crippen molar-refractivity contribution in [3.63, 3.8) is 0 Å². The van der Waals surface area contributed by atoms with Gasteiger partial charge < -0.3 is 19.9 Å². The quantitative estimate of drug-likeness (QED) is 0.286. The van der Waals surface area contributed by atoms with Crippen LogP contribution in [0.2, 0.25) is 0 Å². The average Bonchev–Trinajstić information content (AvgIpc) is 2.83. The van der Waals surface area contributed by atoms with Crippen molar-refractivity contribution in [3.8, 4) is 5.75 Å². The van der Waals surface area contributed by atoms with E-state index >= 15 is 0 Å². The number of carbonyl (C=O) groups is 1. The number of rotatable bonds is 10. The van der Waals surface area contributed by atoms with Crippen LogP contribution >= 0.6 is 0 Å². The molecule has 0 aliphatic rings. The van der Waals surface area contributed by atoms with Crippen molar-refractivity contribution in [3.05, 3.63) is 101 Å². The number of aliphatic hydroxyl groups excluding tert-OH is 1. The van der Waals surface area contributed by atoms with Gasteiger partial charge in [0.1, 0.15) is 24.3 Å². The van der Waals surface area contributed by atoms with Crippen LogP contribution in [0.1, 0.15) is 16.7 Å². The second-order valence-corrected chi connectivity index (χ2v) is 7.18. The summed E-state index contributed by atoms with van der Waals surface area (Å²) < 4.78 is 24.6. The molecule has 1 atom stereocenters. The largest absolute Gasteiger partial charge is 0.491 e. The summed E-state index contributed by atoms with van der Waals surface area (Å²) >= 11 is 0. The topological polar surface area (TPSA) is 67.8 Å². The second-order valence-electron chi connectivity index (χ2n) is 7.18. The number of aliphatic hydroxyl groups is 1. The highest BCUT2D eigenvalue weighted by Crippen LogP contribution is 2.23. The number of benzene rings is 3. The van der Waals surface area contributed by atoms with E-state index in [1.54, 1.807) is 42.5 Å². The molecule has 0 saturated heterocycles. The van der Waals surface area contributed by atoms with Crippen LogP contribution in [-0.4, -0.2) is 37.4 Å². The van der Waals surface area contributed by atoms with Gasteiger partial charge in [-0.3, -0.25) is 0 Å². The first-order valence-electron chi connectivity index (χ1n) is 10.3. The molecule has 1 unspecified atom stereocenters. The number of ether oxygens (including phenoxy) is 2. The zero-order valence-corrected chi connectivity index (χ0v) is 17.8. The van der Waals surface area contributed by atoms with Crippen LogP contribution in [0.15, 0.2) is 78.9 Å². The van der Waals surface area contributed by atoms with Crippen LogP contribution < -0.4 is 10.1 Å². The molecule has 0 saturated carbocycles. The molecule has 2 N–H and O–H groups in total. The maximum absolute atomic E-state index is 14.2. The maximum Gasteiger partial charge on any atom is 0.338 e. The third-order valence-corrected chi connectivity index (χ3v) is 4.75. The van der Waals surface area contributed by atoms with E-state index in [1.807, 2.05) is 30.3 Å². The fourth-order valence-electron chi connectivity index (χ4n) is 3.09. The predicted octanol–water partition coefficient (Wildman–Crippen LogP) is 4.07. The smallest absolute Gasteiger partial charge is 0.338 e. The minimum Gasteiger partial charge on any atom is -0.491 e. The normalized spacial score (nSPS) is 12.3. The summed E-state index contributed by atoms with van der Waals surface area (Å²) in [5.74, 6) is -0.546. The number of hydrogen-bond acceptors (Lipinski definition) is 5. The van der Waals surface area contributed by atoms with Gasteiger partial charge >= 0.3 is 5.97 Å². The Bertz CT molecular complexity index is 1040. The molecule has 32 heavy (non-hydrogen) atoms. The lowest BCUT2D eigenvalue weighted by Gasteiger charge is -2.13. The first-order chi connectivity index (χ1) is 15.6. The Labute approximate surface area is 187 Å². The SMILES string of the molecule is COC(=O)/C(=C/c1ccc(OCC(O)CNCc2ccccc2)cc1)c1ccccc1F. The highest BCUT2D eigenvalue weighted by atomic mass is 19.1. The van der Waals surface area contributed by atoms with E-state index in [2.05, 4.69) is 5.32 Å². The molecule has 0 radical (unpaired) electrons. The lowest BCUT2D eigenvalue weighted by Crippen LogP contribution is -2.31. The summed E-state index contributed by atoms with van der Waals surface area (Å²) in [7, 11) is 1.26. The molecule has 0 bridgehead atoms. The van der Waals surface area contributed by atoms with Crippen LogP contribution in [-0.2, 0) is 16.1 Å². The van der Waals surface area contributed by atoms with Gasteiger partial charge in [0.25, 0.3) is 0 Å². The molecule has 0 spiro atoms. The van der Waals surface area contributed by atoms with Crippen LogP contribution in [0.5, 0.6) is 5.75 Å². The van der Waals surface area contributed by atoms with Crippen molar-refractivity contribution < 1.29 is 23.8 Å². The molecule has 3 aromatic rings. The van der Waals surface area contributed by atoms with Gasteiger partial charge in [0, 0.05) is 18.7 Å². The van der Waals surface area contributed by atoms with Crippen molar-refractivity contribution >= 4 is 17.6 Å². The lowest BCUT2D eigenvalue weighted by molar-refractivity contribution is -0.133. The molecule has 0 fully saturated rings. The van der Waals surface area contributed by atoms with Crippen molar-refractivity contribution in [2.75, 3.05) is 20.3 Å².